The fourth-order valence-corrected chi connectivity index (χ4v) is 1.43. The van der Waals surface area contributed by atoms with E-state index < -0.39 is 23.9 Å². The van der Waals surface area contributed by atoms with Crippen molar-refractivity contribution in [2.75, 3.05) is 11.9 Å². The molecule has 0 fully saturated rings. The van der Waals surface area contributed by atoms with E-state index in [-0.39, 0.29) is 16.9 Å². The highest BCUT2D eigenvalue weighted by molar-refractivity contribution is 6.30. The molecule has 0 saturated heterocycles. The van der Waals surface area contributed by atoms with Crippen LogP contribution in [0, 0.1) is 5.82 Å². The number of nitrogens with one attached hydrogen (secondary N) is 2. The monoisotopic (exact) mass is 250 g/mol. The van der Waals surface area contributed by atoms with Gasteiger partial charge in [-0.05, 0) is 0 Å². The molecule has 0 aliphatic rings. The zero-order valence-corrected chi connectivity index (χ0v) is 8.52. The number of rotatable bonds is 3. The average Bonchev–Trinajstić information content (AvgIpc) is 2.65. The van der Waals surface area contributed by atoms with E-state index in [0.29, 0.717) is 0 Å². The van der Waals surface area contributed by atoms with Gasteiger partial charge in [0.15, 0.2) is 16.6 Å². The number of imidazole rings is 1. The van der Waals surface area contributed by atoms with Gasteiger partial charge in [-0.1, -0.05) is 11.6 Å². The molecule has 2 aromatic heterocycles. The summed E-state index contributed by atoms with van der Waals surface area (Å²) in [7, 11) is 0. The van der Waals surface area contributed by atoms with Crippen LogP contribution < -0.4 is 5.32 Å². The molecule has 0 atom stereocenters. The maximum atomic E-state index is 13.5. The summed E-state index contributed by atoms with van der Waals surface area (Å²) < 4.78 is 37.5. The maximum absolute atomic E-state index is 13.5. The Balaban J connectivity index is 2.47. The molecule has 0 radical (unpaired) electrons. The van der Waals surface area contributed by atoms with Gasteiger partial charge in [0.25, 0.3) is 6.43 Å². The summed E-state index contributed by atoms with van der Waals surface area (Å²) in [6.45, 7) is -0.675. The second kappa shape index (κ2) is 4.17. The first kappa shape index (κ1) is 11.0. The molecule has 0 amide bonds. The van der Waals surface area contributed by atoms with Crippen LogP contribution in [0.5, 0.6) is 0 Å². The zero-order valence-electron chi connectivity index (χ0n) is 7.77. The van der Waals surface area contributed by atoms with E-state index in [4.69, 9.17) is 11.6 Å². The topological polar surface area (TPSA) is 53.6 Å². The van der Waals surface area contributed by atoms with Crippen molar-refractivity contribution in [3.05, 3.63) is 17.3 Å². The Morgan fingerprint density at radius 1 is 1.50 bits per heavy atom. The highest BCUT2D eigenvalue weighted by Gasteiger charge is 2.16. The number of H-pyrrole nitrogens is 1. The van der Waals surface area contributed by atoms with Crippen LogP contribution in [0.25, 0.3) is 11.2 Å². The van der Waals surface area contributed by atoms with Crippen molar-refractivity contribution in [2.45, 2.75) is 6.43 Å². The maximum Gasteiger partial charge on any atom is 0.255 e. The molecule has 8 heteroatoms. The number of alkyl halides is 2. The van der Waals surface area contributed by atoms with Crippen LogP contribution in [0.3, 0.4) is 0 Å². The molecule has 0 unspecified atom stereocenters. The molecule has 0 aromatic carbocycles. The molecule has 0 aliphatic carbocycles. The first-order valence-electron chi connectivity index (χ1n) is 4.29. The fraction of sp³-hybridized carbons (Fsp3) is 0.250. The van der Waals surface area contributed by atoms with Crippen LogP contribution in [0.2, 0.25) is 5.15 Å². The van der Waals surface area contributed by atoms with Crippen LogP contribution in [-0.4, -0.2) is 27.9 Å². The van der Waals surface area contributed by atoms with Gasteiger partial charge in [0, 0.05) is 0 Å². The largest absolute Gasteiger partial charge is 0.375 e. The molecule has 0 spiro atoms. The normalized spacial score (nSPS) is 11.3. The molecule has 0 aliphatic heterocycles. The molecule has 2 aromatic rings. The van der Waals surface area contributed by atoms with Crippen molar-refractivity contribution in [3.8, 4) is 0 Å². The third kappa shape index (κ3) is 1.90. The fourth-order valence-electron chi connectivity index (χ4n) is 1.26. The van der Waals surface area contributed by atoms with Gasteiger partial charge in [-0.2, -0.15) is 0 Å². The lowest BCUT2D eigenvalue weighted by atomic mass is 10.3. The molecule has 2 rings (SSSR count). The van der Waals surface area contributed by atoms with Crippen LogP contribution in [0.4, 0.5) is 18.9 Å². The van der Waals surface area contributed by atoms with Crippen molar-refractivity contribution >= 4 is 28.5 Å². The average molecular weight is 251 g/mol. The summed E-state index contributed by atoms with van der Waals surface area (Å²) in [6.07, 6.45) is -1.31. The molecule has 0 saturated carbocycles. The van der Waals surface area contributed by atoms with Gasteiger partial charge in [0.05, 0.1) is 12.9 Å². The van der Waals surface area contributed by atoms with Gasteiger partial charge in [-0.15, -0.1) is 0 Å². The van der Waals surface area contributed by atoms with Crippen molar-refractivity contribution in [2.24, 2.45) is 0 Å². The van der Waals surface area contributed by atoms with E-state index in [2.05, 4.69) is 20.3 Å². The summed E-state index contributed by atoms with van der Waals surface area (Å²) in [4.78, 5) is 10.0. The van der Waals surface area contributed by atoms with Gasteiger partial charge in [0.2, 0.25) is 0 Å². The van der Waals surface area contributed by atoms with Gasteiger partial charge < -0.3 is 10.3 Å². The summed E-state index contributed by atoms with van der Waals surface area (Å²) >= 11 is 5.50. The number of anilines is 1. The number of nitrogens with zero attached hydrogens (tertiary/aromatic N) is 2. The summed E-state index contributed by atoms with van der Waals surface area (Å²) in [5, 5.41) is 1.86. The second-order valence-electron chi connectivity index (χ2n) is 2.96. The number of halogens is 4. The summed E-state index contributed by atoms with van der Waals surface area (Å²) in [5.41, 5.74) is 0.235. The molecule has 86 valence electrons. The standard InChI is InChI=1S/C8H6ClF3N4/c9-7-4(12)5(13-1-3(10)11)6-8(16-7)15-2-14-6/h2-3H,1H2,(H2,13,14,15,16). The quantitative estimate of drug-likeness (QED) is 0.823. The predicted molar refractivity (Wildman–Crippen MR) is 53.4 cm³/mol. The number of pyridine rings is 1. The summed E-state index contributed by atoms with van der Waals surface area (Å²) in [5.74, 6) is -0.876. The van der Waals surface area contributed by atoms with E-state index in [9.17, 15) is 13.2 Å². The minimum atomic E-state index is -2.59. The van der Waals surface area contributed by atoms with Crippen molar-refractivity contribution in [3.63, 3.8) is 0 Å². The third-order valence-corrected chi connectivity index (χ3v) is 2.16. The van der Waals surface area contributed by atoms with Gasteiger partial charge >= 0.3 is 0 Å². The van der Waals surface area contributed by atoms with Gasteiger partial charge in [-0.3, -0.25) is 0 Å². The molecule has 16 heavy (non-hydrogen) atoms. The summed E-state index contributed by atoms with van der Waals surface area (Å²) in [6, 6.07) is 0. The van der Waals surface area contributed by atoms with E-state index in [1.165, 1.54) is 6.33 Å². The predicted octanol–water partition coefficient (Wildman–Crippen LogP) is 2.43. The minimum absolute atomic E-state index is 0.146. The molecular weight excluding hydrogens is 245 g/mol. The van der Waals surface area contributed by atoms with E-state index in [1.54, 1.807) is 0 Å². The van der Waals surface area contributed by atoms with Crippen LogP contribution in [-0.2, 0) is 0 Å². The van der Waals surface area contributed by atoms with E-state index in [0.717, 1.165) is 0 Å². The van der Waals surface area contributed by atoms with Crippen molar-refractivity contribution in [1.82, 2.24) is 15.0 Å². The first-order chi connectivity index (χ1) is 7.59. The zero-order chi connectivity index (χ0) is 11.7. The number of fused-ring (bicyclic) bond motifs is 1. The minimum Gasteiger partial charge on any atom is -0.375 e. The van der Waals surface area contributed by atoms with Crippen molar-refractivity contribution < 1.29 is 13.2 Å². The Labute approximate surface area is 92.8 Å². The lowest BCUT2D eigenvalue weighted by molar-refractivity contribution is 0.163. The molecule has 4 nitrogen and oxygen atoms in total. The Hall–Kier alpha value is -1.50. The third-order valence-electron chi connectivity index (χ3n) is 1.91. The highest BCUT2D eigenvalue weighted by Crippen LogP contribution is 2.27. The lowest BCUT2D eigenvalue weighted by Gasteiger charge is -2.08. The lowest BCUT2D eigenvalue weighted by Crippen LogP contribution is -2.12. The second-order valence-corrected chi connectivity index (χ2v) is 3.32. The van der Waals surface area contributed by atoms with Crippen LogP contribution >= 0.6 is 11.6 Å². The molecule has 0 bridgehead atoms. The highest BCUT2D eigenvalue weighted by atomic mass is 35.5. The van der Waals surface area contributed by atoms with Crippen LogP contribution in [0.1, 0.15) is 0 Å². The van der Waals surface area contributed by atoms with E-state index >= 15 is 0 Å². The molecule has 2 heterocycles. The Kier molecular flexibility index (Phi) is 2.86. The van der Waals surface area contributed by atoms with Crippen LogP contribution in [0.15, 0.2) is 6.33 Å². The molecular formula is C8H6ClF3N4. The number of aromatic nitrogens is 3. The smallest absolute Gasteiger partial charge is 0.255 e. The van der Waals surface area contributed by atoms with Crippen molar-refractivity contribution in [1.29, 1.82) is 0 Å². The Morgan fingerprint density at radius 2 is 2.25 bits per heavy atom. The van der Waals surface area contributed by atoms with Gasteiger partial charge in [-0.25, -0.2) is 23.1 Å². The van der Waals surface area contributed by atoms with E-state index in [1.807, 2.05) is 0 Å². The number of aromatic amines is 1. The number of hydrogen-bond acceptors (Lipinski definition) is 3. The SMILES string of the molecule is Fc1c(Cl)nc2nc[nH]c2c1NCC(F)F. The first-order valence-corrected chi connectivity index (χ1v) is 4.67. The Bertz CT molecular complexity index is 513. The van der Waals surface area contributed by atoms with Gasteiger partial charge in [0.1, 0.15) is 11.2 Å². The number of hydrogen-bond donors (Lipinski definition) is 2. The Morgan fingerprint density at radius 3 is 2.94 bits per heavy atom. The molecule has 2 N–H and O–H groups in total.